The second-order valence-corrected chi connectivity index (χ2v) is 6.05. The Morgan fingerprint density at radius 3 is 2.94 bits per heavy atom. The molecule has 1 aliphatic rings. The van der Waals surface area contributed by atoms with Crippen molar-refractivity contribution in [3.8, 4) is 0 Å². The Labute approximate surface area is 112 Å². The topological polar surface area (TPSA) is 32.3 Å². The molecule has 0 aromatic carbocycles. The summed E-state index contributed by atoms with van der Waals surface area (Å²) in [4.78, 5) is 15.7. The van der Waals surface area contributed by atoms with Crippen LogP contribution in [-0.4, -0.2) is 36.5 Å². The van der Waals surface area contributed by atoms with E-state index in [0.29, 0.717) is 12.6 Å². The Morgan fingerprint density at radius 1 is 1.71 bits per heavy atom. The summed E-state index contributed by atoms with van der Waals surface area (Å²) in [6.07, 6.45) is 2.59. The van der Waals surface area contributed by atoms with Crippen molar-refractivity contribution in [2.24, 2.45) is 0 Å². The summed E-state index contributed by atoms with van der Waals surface area (Å²) in [5, 5.41) is 4.84. The zero-order valence-corrected chi connectivity index (χ0v) is 11.9. The van der Waals surface area contributed by atoms with Crippen molar-refractivity contribution in [3.63, 3.8) is 0 Å². The zero-order valence-electron chi connectivity index (χ0n) is 10.1. The third-order valence-corrected chi connectivity index (χ3v) is 4.55. The molecule has 1 unspecified atom stereocenters. The number of likely N-dealkylation sites (N-methyl/N-ethyl adjacent to an activating group) is 1. The maximum atomic E-state index is 11.8. The molecule has 1 aromatic heterocycles. The number of hydrogen-bond donors (Lipinski definition) is 2. The molecule has 1 aliphatic carbocycles. The van der Waals surface area contributed by atoms with Gasteiger partial charge in [-0.1, -0.05) is 0 Å². The van der Waals surface area contributed by atoms with Gasteiger partial charge in [0.25, 0.3) is 5.91 Å². The molecular formula is C12H18N2OS2. The predicted octanol–water partition coefficient (Wildman–Crippen LogP) is 2.25. The molecule has 3 nitrogen and oxygen atoms in total. The van der Waals surface area contributed by atoms with E-state index in [-0.39, 0.29) is 5.91 Å². The molecule has 2 rings (SSSR count). The minimum absolute atomic E-state index is 0.00588. The van der Waals surface area contributed by atoms with Crippen LogP contribution in [0.15, 0.2) is 16.3 Å². The van der Waals surface area contributed by atoms with E-state index in [0.717, 1.165) is 15.8 Å². The van der Waals surface area contributed by atoms with E-state index in [9.17, 15) is 4.79 Å². The van der Waals surface area contributed by atoms with Crippen molar-refractivity contribution in [1.82, 2.24) is 10.2 Å². The maximum absolute atomic E-state index is 11.8. The highest BCUT2D eigenvalue weighted by Gasteiger charge is 2.29. The zero-order chi connectivity index (χ0) is 12.4. The van der Waals surface area contributed by atoms with Crippen LogP contribution in [0.5, 0.6) is 0 Å². The van der Waals surface area contributed by atoms with Gasteiger partial charge in [0.15, 0.2) is 0 Å². The van der Waals surface area contributed by atoms with Crippen LogP contribution in [0.2, 0.25) is 0 Å². The number of nitrogens with one attached hydrogen (secondary N) is 1. The van der Waals surface area contributed by atoms with E-state index in [1.807, 2.05) is 5.38 Å². The van der Waals surface area contributed by atoms with Crippen molar-refractivity contribution in [3.05, 3.63) is 16.3 Å². The molecule has 94 valence electrons. The molecule has 5 heteroatoms. The van der Waals surface area contributed by atoms with Gasteiger partial charge in [-0.2, -0.15) is 0 Å². The average Bonchev–Trinajstić information content (AvgIpc) is 3.07. The smallest absolute Gasteiger partial charge is 0.261 e. The van der Waals surface area contributed by atoms with Gasteiger partial charge in [-0.15, -0.1) is 24.0 Å². The van der Waals surface area contributed by atoms with Gasteiger partial charge >= 0.3 is 0 Å². The fourth-order valence-corrected chi connectivity index (χ4v) is 2.82. The van der Waals surface area contributed by atoms with Crippen molar-refractivity contribution >= 4 is 29.9 Å². The largest absolute Gasteiger partial charge is 0.350 e. The van der Waals surface area contributed by atoms with Crippen molar-refractivity contribution in [2.75, 3.05) is 13.6 Å². The first-order valence-electron chi connectivity index (χ1n) is 5.85. The predicted molar refractivity (Wildman–Crippen MR) is 74.2 cm³/mol. The van der Waals surface area contributed by atoms with E-state index in [1.54, 1.807) is 6.07 Å². The van der Waals surface area contributed by atoms with E-state index < -0.39 is 0 Å². The molecule has 0 spiro atoms. The number of thiophene rings is 1. The van der Waals surface area contributed by atoms with Gasteiger partial charge in [-0.3, -0.25) is 9.69 Å². The molecule has 0 saturated heterocycles. The highest BCUT2D eigenvalue weighted by molar-refractivity contribution is 7.80. The normalized spacial score (nSPS) is 17.2. The molecule has 1 saturated carbocycles. The summed E-state index contributed by atoms with van der Waals surface area (Å²) in [7, 11) is 2.13. The maximum Gasteiger partial charge on any atom is 0.261 e. The van der Waals surface area contributed by atoms with Gasteiger partial charge < -0.3 is 5.32 Å². The quantitative estimate of drug-likeness (QED) is 0.804. The highest BCUT2D eigenvalue weighted by Crippen LogP contribution is 2.26. The van der Waals surface area contributed by atoms with Crippen LogP contribution in [-0.2, 0) is 0 Å². The lowest BCUT2D eigenvalue weighted by Crippen LogP contribution is -2.41. The second-order valence-electron chi connectivity index (χ2n) is 4.62. The molecule has 1 atom stereocenters. The van der Waals surface area contributed by atoms with Gasteiger partial charge in [0.05, 0.1) is 4.88 Å². The SMILES string of the molecule is CC(CNC(=O)c1cc(S)cs1)N(C)C1CC1. The fourth-order valence-electron chi connectivity index (χ4n) is 1.76. The first-order chi connectivity index (χ1) is 8.08. The summed E-state index contributed by atoms with van der Waals surface area (Å²) in [6.45, 7) is 2.85. The highest BCUT2D eigenvalue weighted by atomic mass is 32.1. The molecule has 1 N–H and O–H groups in total. The summed E-state index contributed by atoms with van der Waals surface area (Å²) in [5.41, 5.74) is 0. The van der Waals surface area contributed by atoms with Crippen LogP contribution >= 0.6 is 24.0 Å². The van der Waals surface area contributed by atoms with Crippen LogP contribution in [0.1, 0.15) is 29.4 Å². The Hall–Kier alpha value is -0.520. The van der Waals surface area contributed by atoms with Crippen molar-refractivity contribution in [2.45, 2.75) is 36.7 Å². The number of carbonyl (C=O) groups is 1. The number of amides is 1. The first-order valence-corrected chi connectivity index (χ1v) is 7.18. The molecule has 1 fully saturated rings. The Kier molecular flexibility index (Phi) is 4.12. The Bertz CT molecular complexity index is 401. The van der Waals surface area contributed by atoms with Gasteiger partial charge in [-0.05, 0) is 32.9 Å². The molecule has 0 bridgehead atoms. The summed E-state index contributed by atoms with van der Waals surface area (Å²) in [5.74, 6) is 0.00588. The van der Waals surface area contributed by atoms with E-state index in [4.69, 9.17) is 0 Å². The van der Waals surface area contributed by atoms with Crippen LogP contribution < -0.4 is 5.32 Å². The van der Waals surface area contributed by atoms with Crippen LogP contribution in [0.25, 0.3) is 0 Å². The van der Waals surface area contributed by atoms with Gasteiger partial charge in [0, 0.05) is 28.9 Å². The first kappa shape index (κ1) is 12.9. The van der Waals surface area contributed by atoms with E-state index >= 15 is 0 Å². The third kappa shape index (κ3) is 3.47. The third-order valence-electron chi connectivity index (χ3n) is 3.19. The number of rotatable bonds is 5. The molecule has 0 aliphatic heterocycles. The fraction of sp³-hybridized carbons (Fsp3) is 0.583. The lowest BCUT2D eigenvalue weighted by atomic mass is 10.3. The number of hydrogen-bond acceptors (Lipinski definition) is 4. The Balaban J connectivity index is 1.79. The standard InChI is InChI=1S/C12H18N2OS2/c1-8(14(2)9-3-4-9)6-13-12(15)11-5-10(16)7-17-11/h5,7-9,16H,3-4,6H2,1-2H3,(H,13,15). The van der Waals surface area contributed by atoms with Gasteiger partial charge in [0.1, 0.15) is 0 Å². The minimum atomic E-state index is 0.00588. The van der Waals surface area contributed by atoms with Crippen LogP contribution in [0, 0.1) is 0 Å². The molecule has 1 aromatic rings. The van der Waals surface area contributed by atoms with Crippen LogP contribution in [0.4, 0.5) is 0 Å². The molecule has 17 heavy (non-hydrogen) atoms. The van der Waals surface area contributed by atoms with Crippen LogP contribution in [0.3, 0.4) is 0 Å². The van der Waals surface area contributed by atoms with E-state index in [2.05, 4.69) is 36.8 Å². The molecule has 1 heterocycles. The summed E-state index contributed by atoms with van der Waals surface area (Å²) < 4.78 is 0. The van der Waals surface area contributed by atoms with Gasteiger partial charge in [-0.25, -0.2) is 0 Å². The molecule has 1 amide bonds. The molecule has 0 radical (unpaired) electrons. The minimum Gasteiger partial charge on any atom is -0.350 e. The Morgan fingerprint density at radius 2 is 2.41 bits per heavy atom. The summed E-state index contributed by atoms with van der Waals surface area (Å²) in [6, 6.07) is 2.92. The lowest BCUT2D eigenvalue weighted by molar-refractivity contribution is 0.0943. The van der Waals surface area contributed by atoms with E-state index in [1.165, 1.54) is 24.2 Å². The number of carbonyl (C=O) groups excluding carboxylic acids is 1. The molecular weight excluding hydrogens is 252 g/mol. The van der Waals surface area contributed by atoms with Crippen molar-refractivity contribution < 1.29 is 4.79 Å². The van der Waals surface area contributed by atoms with Gasteiger partial charge in [0.2, 0.25) is 0 Å². The second kappa shape index (κ2) is 5.42. The number of thiol groups is 1. The summed E-state index contributed by atoms with van der Waals surface area (Å²) >= 11 is 5.63. The average molecular weight is 270 g/mol. The number of nitrogens with zero attached hydrogens (tertiary/aromatic N) is 1. The van der Waals surface area contributed by atoms with Crippen molar-refractivity contribution in [1.29, 1.82) is 0 Å². The lowest BCUT2D eigenvalue weighted by Gasteiger charge is -2.24. The monoisotopic (exact) mass is 270 g/mol.